The number of methoxy groups -OCH3 is 1. The average molecular weight is 440 g/mol. The van der Waals surface area contributed by atoms with E-state index < -0.39 is 0 Å². The van der Waals surface area contributed by atoms with Crippen molar-refractivity contribution >= 4 is 28.2 Å². The number of amides is 1. The zero-order chi connectivity index (χ0) is 22.2. The fraction of sp³-hybridized carbons (Fsp3) is 0.458. The summed E-state index contributed by atoms with van der Waals surface area (Å²) in [4.78, 5) is 28.0. The molecule has 7 heteroatoms. The van der Waals surface area contributed by atoms with Crippen molar-refractivity contribution in [2.24, 2.45) is 5.92 Å². The highest BCUT2D eigenvalue weighted by Crippen LogP contribution is 2.36. The molecule has 0 saturated carbocycles. The maximum Gasteiger partial charge on any atom is 0.309 e. The van der Waals surface area contributed by atoms with Crippen LogP contribution in [0.4, 0.5) is 5.00 Å². The first-order chi connectivity index (χ1) is 15.0. The molecule has 3 rings (SSSR count). The van der Waals surface area contributed by atoms with Gasteiger partial charge < -0.3 is 10.1 Å². The minimum atomic E-state index is -0.353. The van der Waals surface area contributed by atoms with Gasteiger partial charge in [-0.2, -0.15) is 5.26 Å². The monoisotopic (exact) mass is 439 g/mol. The molecular weight excluding hydrogens is 410 g/mol. The zero-order valence-electron chi connectivity index (χ0n) is 18.1. The Kier molecular flexibility index (Phi) is 8.21. The van der Waals surface area contributed by atoms with Crippen molar-refractivity contribution in [3.05, 3.63) is 51.9 Å². The van der Waals surface area contributed by atoms with Crippen LogP contribution < -0.4 is 5.32 Å². The summed E-state index contributed by atoms with van der Waals surface area (Å²) in [5.74, 6) is -0.831. The van der Waals surface area contributed by atoms with Crippen molar-refractivity contribution in [1.29, 1.82) is 5.26 Å². The molecule has 1 unspecified atom stereocenters. The molecule has 6 nitrogen and oxygen atoms in total. The summed E-state index contributed by atoms with van der Waals surface area (Å²) < 4.78 is 4.85. The zero-order valence-corrected chi connectivity index (χ0v) is 19.0. The second-order valence-corrected chi connectivity index (χ2v) is 9.11. The number of fused-ring (bicyclic) bond motifs is 1. The van der Waals surface area contributed by atoms with E-state index in [2.05, 4.69) is 11.4 Å². The number of carbonyl (C=O) groups is 2. The first-order valence-corrected chi connectivity index (χ1v) is 11.5. The first kappa shape index (κ1) is 23.0. The van der Waals surface area contributed by atoms with Crippen LogP contribution in [0, 0.1) is 17.2 Å². The van der Waals surface area contributed by atoms with E-state index in [1.807, 2.05) is 35.2 Å². The Labute approximate surface area is 187 Å². The van der Waals surface area contributed by atoms with E-state index >= 15 is 0 Å². The average Bonchev–Trinajstić information content (AvgIpc) is 2.92. The molecule has 164 valence electrons. The lowest BCUT2D eigenvalue weighted by Crippen LogP contribution is -2.37. The van der Waals surface area contributed by atoms with Crippen LogP contribution in [0.15, 0.2) is 30.3 Å². The molecule has 1 heterocycles. The molecule has 1 atom stereocenters. The second kappa shape index (κ2) is 11.1. The number of esters is 1. The Bertz CT molecular complexity index is 949. The van der Waals surface area contributed by atoms with E-state index in [9.17, 15) is 14.9 Å². The van der Waals surface area contributed by atoms with Crippen LogP contribution in [0.2, 0.25) is 0 Å². The van der Waals surface area contributed by atoms with Gasteiger partial charge in [0.2, 0.25) is 5.91 Å². The predicted octanol–water partition coefficient (Wildman–Crippen LogP) is 4.14. The summed E-state index contributed by atoms with van der Waals surface area (Å²) in [6, 6.07) is 12.2. The van der Waals surface area contributed by atoms with E-state index in [1.54, 1.807) is 6.92 Å². The summed E-state index contributed by atoms with van der Waals surface area (Å²) >= 11 is 1.53. The minimum absolute atomic E-state index is 0.129. The fourth-order valence-corrected chi connectivity index (χ4v) is 5.26. The molecule has 1 aliphatic carbocycles. The van der Waals surface area contributed by atoms with Gasteiger partial charge in [-0.3, -0.25) is 14.5 Å². The quantitative estimate of drug-likeness (QED) is 0.494. The summed E-state index contributed by atoms with van der Waals surface area (Å²) in [6.45, 7) is 2.87. The molecule has 31 heavy (non-hydrogen) atoms. The first-order valence-electron chi connectivity index (χ1n) is 10.7. The maximum absolute atomic E-state index is 12.9. The van der Waals surface area contributed by atoms with E-state index in [0.717, 1.165) is 36.8 Å². The van der Waals surface area contributed by atoms with Crippen molar-refractivity contribution in [2.45, 2.75) is 45.6 Å². The molecule has 0 radical (unpaired) electrons. The Hall–Kier alpha value is -2.69. The largest absolute Gasteiger partial charge is 0.469 e. The summed E-state index contributed by atoms with van der Waals surface area (Å²) in [5, 5.41) is 13.3. The summed E-state index contributed by atoms with van der Waals surface area (Å²) in [6.07, 6.45) is 5.27. The molecule has 0 aliphatic heterocycles. The van der Waals surface area contributed by atoms with Gasteiger partial charge >= 0.3 is 5.97 Å². The Morgan fingerprint density at radius 1 is 1.23 bits per heavy atom. The summed E-state index contributed by atoms with van der Waals surface area (Å²) in [7, 11) is 1.37. The normalized spacial score (nSPS) is 14.3. The van der Waals surface area contributed by atoms with Crippen molar-refractivity contribution < 1.29 is 14.3 Å². The van der Waals surface area contributed by atoms with Crippen molar-refractivity contribution in [3.63, 3.8) is 0 Å². The van der Waals surface area contributed by atoms with Gasteiger partial charge in [-0.1, -0.05) is 43.7 Å². The molecule has 0 saturated heterocycles. The number of anilines is 1. The van der Waals surface area contributed by atoms with Gasteiger partial charge in [0, 0.05) is 18.0 Å². The van der Waals surface area contributed by atoms with Crippen molar-refractivity contribution in [3.8, 4) is 6.07 Å². The smallest absolute Gasteiger partial charge is 0.309 e. The molecule has 1 aromatic carbocycles. The highest BCUT2D eigenvalue weighted by Gasteiger charge is 2.23. The predicted molar refractivity (Wildman–Crippen MR) is 122 cm³/mol. The molecule has 0 fully saturated rings. The second-order valence-electron chi connectivity index (χ2n) is 8.01. The number of rotatable bonds is 8. The van der Waals surface area contributed by atoms with Crippen LogP contribution in [0.3, 0.4) is 0 Å². The van der Waals surface area contributed by atoms with Crippen LogP contribution in [0.5, 0.6) is 0 Å². The molecule has 2 aromatic rings. The van der Waals surface area contributed by atoms with E-state index in [0.29, 0.717) is 23.7 Å². The lowest BCUT2D eigenvalue weighted by Gasteiger charge is -2.24. The lowest BCUT2D eigenvalue weighted by molar-refractivity contribution is -0.145. The van der Waals surface area contributed by atoms with Crippen LogP contribution in [-0.4, -0.2) is 37.0 Å². The highest BCUT2D eigenvalue weighted by atomic mass is 32.1. The van der Waals surface area contributed by atoms with Crippen LogP contribution in [0.25, 0.3) is 0 Å². The van der Waals surface area contributed by atoms with Crippen LogP contribution >= 0.6 is 11.3 Å². The number of nitriles is 1. The number of hydrogen-bond donors (Lipinski definition) is 1. The number of carbonyl (C=O) groups excluding carboxylic acids is 2. The molecule has 1 aromatic heterocycles. The van der Waals surface area contributed by atoms with Gasteiger partial charge in [-0.15, -0.1) is 11.3 Å². The van der Waals surface area contributed by atoms with E-state index in [1.165, 1.54) is 29.7 Å². The molecule has 0 bridgehead atoms. The lowest BCUT2D eigenvalue weighted by atomic mass is 10.1. The number of ether oxygens (including phenoxy) is 1. The third kappa shape index (κ3) is 6.16. The Morgan fingerprint density at radius 3 is 2.68 bits per heavy atom. The van der Waals surface area contributed by atoms with E-state index in [-0.39, 0.29) is 24.3 Å². The summed E-state index contributed by atoms with van der Waals surface area (Å²) in [5.41, 5.74) is 2.79. The molecule has 1 amide bonds. The van der Waals surface area contributed by atoms with Crippen molar-refractivity contribution in [2.75, 3.05) is 25.5 Å². The van der Waals surface area contributed by atoms with Crippen LogP contribution in [0.1, 0.15) is 47.8 Å². The van der Waals surface area contributed by atoms with Gasteiger partial charge in [0.1, 0.15) is 11.1 Å². The Balaban J connectivity index is 1.72. The number of nitrogens with one attached hydrogen (secondary N) is 1. The number of hydrogen-bond acceptors (Lipinski definition) is 6. The van der Waals surface area contributed by atoms with E-state index in [4.69, 9.17) is 4.74 Å². The van der Waals surface area contributed by atoms with Gasteiger partial charge in [-0.25, -0.2) is 0 Å². The third-order valence-corrected chi connectivity index (χ3v) is 6.75. The fourth-order valence-electron chi connectivity index (χ4n) is 4.01. The molecular formula is C24H29N3O3S. The van der Waals surface area contributed by atoms with Gasteiger partial charge in [0.15, 0.2) is 0 Å². The molecule has 1 N–H and O–H groups in total. The highest BCUT2D eigenvalue weighted by molar-refractivity contribution is 7.16. The van der Waals surface area contributed by atoms with Gasteiger partial charge in [-0.05, 0) is 36.8 Å². The number of nitrogens with zero attached hydrogens (tertiary/aromatic N) is 2. The van der Waals surface area contributed by atoms with Gasteiger partial charge in [0.25, 0.3) is 0 Å². The maximum atomic E-state index is 12.9. The topological polar surface area (TPSA) is 82.4 Å². The molecule has 0 spiro atoms. The van der Waals surface area contributed by atoms with Crippen LogP contribution in [-0.2, 0) is 33.7 Å². The standard InChI is InChI=1S/C24H29N3O3S/c1-17(24(29)30-2)14-27(15-18-9-5-3-6-10-18)16-22(28)26-23-20(13-25)19-11-7-4-8-12-21(19)31-23/h3,5-6,9-10,17H,4,7-8,11-12,14-16H2,1-2H3,(H,26,28). The van der Waals surface area contributed by atoms with Crippen molar-refractivity contribution in [1.82, 2.24) is 4.90 Å². The number of benzene rings is 1. The molecule has 1 aliphatic rings. The number of thiophene rings is 1. The number of aryl methyl sites for hydroxylation is 1. The third-order valence-electron chi connectivity index (χ3n) is 5.54. The van der Waals surface area contributed by atoms with Gasteiger partial charge in [0.05, 0.1) is 25.1 Å². The Morgan fingerprint density at radius 2 is 1.97 bits per heavy atom. The SMILES string of the molecule is COC(=O)C(C)CN(CC(=O)Nc1sc2c(c1C#N)CCCCC2)Cc1ccccc1. The minimum Gasteiger partial charge on any atom is -0.469 e.